The number of hydrogen-bond acceptors (Lipinski definition) is 8. The molecule has 0 bridgehead atoms. The Kier molecular flexibility index (Phi) is 5.11. The Morgan fingerprint density at radius 3 is 2.96 bits per heavy atom. The number of thiazole rings is 1. The molecule has 10 heteroatoms. The number of aromatic nitrogens is 1. The lowest BCUT2D eigenvalue weighted by atomic mass is 10.2. The molecule has 2 aromatic rings. The van der Waals surface area contributed by atoms with Crippen molar-refractivity contribution >= 4 is 45.5 Å². The molecule has 1 unspecified atom stereocenters. The molecule has 1 aliphatic heterocycles. The van der Waals surface area contributed by atoms with Gasteiger partial charge in [-0.3, -0.25) is 9.59 Å². The molecule has 2 amide bonds. The first-order valence-corrected chi connectivity index (χ1v) is 9.23. The average molecular weight is 380 g/mol. The van der Waals surface area contributed by atoms with Crippen LogP contribution in [-0.4, -0.2) is 42.5 Å². The van der Waals surface area contributed by atoms with Crippen molar-refractivity contribution in [1.82, 2.24) is 10.3 Å². The maximum Gasteiger partial charge on any atom is 0.340 e. The molecule has 1 atom stereocenters. The van der Waals surface area contributed by atoms with Crippen LogP contribution < -0.4 is 16.0 Å². The molecule has 8 nitrogen and oxygen atoms in total. The first-order valence-electron chi connectivity index (χ1n) is 7.47. The summed E-state index contributed by atoms with van der Waals surface area (Å²) < 4.78 is 4.73. The monoisotopic (exact) mass is 380 g/mol. The van der Waals surface area contributed by atoms with E-state index in [4.69, 9.17) is 10.5 Å². The highest BCUT2D eigenvalue weighted by Gasteiger charge is 2.36. The summed E-state index contributed by atoms with van der Waals surface area (Å²) >= 11 is 2.59. The van der Waals surface area contributed by atoms with Gasteiger partial charge in [-0.15, -0.1) is 22.7 Å². The fraction of sp³-hybridized carbons (Fsp3) is 0.333. The molecule has 3 N–H and O–H groups in total. The van der Waals surface area contributed by atoms with Gasteiger partial charge in [0.15, 0.2) is 0 Å². The summed E-state index contributed by atoms with van der Waals surface area (Å²) in [4.78, 5) is 42.3. The smallest absolute Gasteiger partial charge is 0.340 e. The Morgan fingerprint density at radius 2 is 2.28 bits per heavy atom. The summed E-state index contributed by atoms with van der Waals surface area (Å²) in [5.74, 6) is -1.15. The number of carbonyl (C=O) groups is 3. The Balaban J connectivity index is 1.71. The first-order chi connectivity index (χ1) is 12.0. The second-order valence-electron chi connectivity index (χ2n) is 5.27. The number of hydrogen-bond donors (Lipinski definition) is 2. The zero-order valence-electron chi connectivity index (χ0n) is 13.4. The van der Waals surface area contributed by atoms with Crippen molar-refractivity contribution < 1.29 is 19.1 Å². The van der Waals surface area contributed by atoms with Crippen LogP contribution in [0, 0.1) is 0 Å². The summed E-state index contributed by atoms with van der Waals surface area (Å²) in [6.07, 6.45) is 0.455. The van der Waals surface area contributed by atoms with Gasteiger partial charge in [0.25, 0.3) is 5.91 Å². The van der Waals surface area contributed by atoms with Gasteiger partial charge in [-0.1, -0.05) is 0 Å². The third-order valence-electron chi connectivity index (χ3n) is 3.77. The number of amides is 2. The number of rotatable bonds is 5. The number of methoxy groups -OCH3 is 1. The van der Waals surface area contributed by atoms with Crippen LogP contribution in [0.1, 0.15) is 32.3 Å². The van der Waals surface area contributed by atoms with Crippen LogP contribution in [0.25, 0.3) is 0 Å². The zero-order valence-corrected chi connectivity index (χ0v) is 15.0. The number of thiophene rings is 1. The van der Waals surface area contributed by atoms with E-state index in [9.17, 15) is 14.4 Å². The Labute approximate surface area is 151 Å². The van der Waals surface area contributed by atoms with Crippen molar-refractivity contribution in [3.05, 3.63) is 33.1 Å². The predicted molar refractivity (Wildman–Crippen MR) is 93.9 cm³/mol. The molecule has 25 heavy (non-hydrogen) atoms. The van der Waals surface area contributed by atoms with Crippen molar-refractivity contribution in [3.8, 4) is 0 Å². The zero-order chi connectivity index (χ0) is 18.0. The van der Waals surface area contributed by atoms with E-state index in [1.807, 2.05) is 0 Å². The van der Waals surface area contributed by atoms with Gasteiger partial charge in [-0.25, -0.2) is 9.78 Å². The Bertz CT molecular complexity index is 816. The van der Waals surface area contributed by atoms with Crippen LogP contribution >= 0.6 is 22.7 Å². The van der Waals surface area contributed by atoms with Crippen LogP contribution in [0.2, 0.25) is 0 Å². The third-order valence-corrected chi connectivity index (χ3v) is 5.57. The van der Waals surface area contributed by atoms with Gasteiger partial charge in [0, 0.05) is 18.5 Å². The van der Waals surface area contributed by atoms with Crippen LogP contribution in [0.3, 0.4) is 0 Å². The van der Waals surface area contributed by atoms with Gasteiger partial charge >= 0.3 is 5.97 Å². The molecule has 132 valence electrons. The van der Waals surface area contributed by atoms with Gasteiger partial charge in [0.1, 0.15) is 21.7 Å². The number of nitrogens with one attached hydrogen (secondary N) is 1. The molecule has 1 fully saturated rings. The van der Waals surface area contributed by atoms with E-state index in [0.29, 0.717) is 28.5 Å². The minimum absolute atomic E-state index is 0.253. The molecule has 0 aliphatic carbocycles. The van der Waals surface area contributed by atoms with E-state index < -0.39 is 17.9 Å². The van der Waals surface area contributed by atoms with E-state index in [1.165, 1.54) is 34.7 Å². The van der Waals surface area contributed by atoms with Gasteiger partial charge in [-0.2, -0.15) is 0 Å². The SMILES string of the molecule is COC(=O)c1ccsc1N1CCC(NC(=O)c2csc(CN)n2)C1=O. The molecule has 3 heterocycles. The van der Waals surface area contributed by atoms with Crippen molar-refractivity contribution in [2.75, 3.05) is 18.6 Å². The standard InChI is InChI=1S/C15H16N4O4S2/c1-23-15(22)8-3-5-24-14(8)19-4-2-9(13(19)21)18-12(20)10-7-25-11(6-16)17-10/h3,5,7,9H,2,4,6,16H2,1H3,(H,18,20). The molecular weight excluding hydrogens is 364 g/mol. The highest BCUT2D eigenvalue weighted by atomic mass is 32.1. The highest BCUT2D eigenvalue weighted by Crippen LogP contribution is 2.31. The van der Waals surface area contributed by atoms with E-state index in [2.05, 4.69) is 10.3 Å². The lowest BCUT2D eigenvalue weighted by molar-refractivity contribution is -0.118. The number of ether oxygens (including phenoxy) is 1. The van der Waals surface area contributed by atoms with Crippen molar-refractivity contribution in [3.63, 3.8) is 0 Å². The third kappa shape index (κ3) is 3.41. The average Bonchev–Trinajstić information content (AvgIpc) is 3.34. The predicted octanol–water partition coefficient (Wildman–Crippen LogP) is 0.985. The fourth-order valence-electron chi connectivity index (χ4n) is 2.53. The largest absolute Gasteiger partial charge is 0.465 e. The Morgan fingerprint density at radius 1 is 1.48 bits per heavy atom. The van der Waals surface area contributed by atoms with Gasteiger partial charge in [-0.05, 0) is 17.9 Å². The van der Waals surface area contributed by atoms with Gasteiger partial charge in [0.05, 0.1) is 12.7 Å². The molecule has 0 aromatic carbocycles. The van der Waals surface area contributed by atoms with Gasteiger partial charge in [0.2, 0.25) is 5.91 Å². The number of esters is 1. The number of nitrogens with zero attached hydrogens (tertiary/aromatic N) is 2. The summed E-state index contributed by atoms with van der Waals surface area (Å²) in [7, 11) is 1.29. The van der Waals surface area contributed by atoms with E-state index >= 15 is 0 Å². The molecule has 2 aromatic heterocycles. The molecule has 1 aliphatic rings. The molecule has 0 radical (unpaired) electrons. The van der Waals surface area contributed by atoms with Crippen molar-refractivity contribution in [2.24, 2.45) is 5.73 Å². The minimum atomic E-state index is -0.650. The highest BCUT2D eigenvalue weighted by molar-refractivity contribution is 7.14. The molecule has 0 saturated carbocycles. The number of carbonyl (C=O) groups excluding carboxylic acids is 3. The lowest BCUT2D eigenvalue weighted by Crippen LogP contribution is -2.41. The second-order valence-corrected chi connectivity index (χ2v) is 7.10. The van der Waals surface area contributed by atoms with Crippen LogP contribution in [0.15, 0.2) is 16.8 Å². The lowest BCUT2D eigenvalue weighted by Gasteiger charge is -2.16. The molecule has 1 saturated heterocycles. The summed E-state index contributed by atoms with van der Waals surface area (Å²) in [6, 6.07) is 0.970. The van der Waals surface area contributed by atoms with Crippen molar-refractivity contribution in [2.45, 2.75) is 19.0 Å². The van der Waals surface area contributed by atoms with Crippen LogP contribution in [0.4, 0.5) is 5.00 Å². The minimum Gasteiger partial charge on any atom is -0.465 e. The molecular formula is C15H16N4O4S2. The maximum absolute atomic E-state index is 12.6. The van der Waals surface area contributed by atoms with Crippen LogP contribution in [0.5, 0.6) is 0 Å². The molecule has 0 spiro atoms. The fourth-order valence-corrected chi connectivity index (χ4v) is 4.11. The quantitative estimate of drug-likeness (QED) is 0.748. The van der Waals surface area contributed by atoms with E-state index in [0.717, 1.165) is 0 Å². The van der Waals surface area contributed by atoms with Crippen molar-refractivity contribution in [1.29, 1.82) is 0 Å². The van der Waals surface area contributed by atoms with Crippen LogP contribution in [-0.2, 0) is 16.1 Å². The summed E-state index contributed by atoms with van der Waals surface area (Å²) in [5.41, 5.74) is 6.09. The molecule has 3 rings (SSSR count). The number of nitrogens with two attached hydrogens (primary N) is 1. The second kappa shape index (κ2) is 7.30. The maximum atomic E-state index is 12.6. The normalized spacial score (nSPS) is 17.0. The summed E-state index contributed by atoms with van der Waals surface area (Å²) in [5, 5.41) is 7.23. The van der Waals surface area contributed by atoms with Gasteiger partial charge < -0.3 is 20.7 Å². The summed E-state index contributed by atoms with van der Waals surface area (Å²) in [6.45, 7) is 0.683. The number of anilines is 1. The topological polar surface area (TPSA) is 115 Å². The van der Waals surface area contributed by atoms with E-state index in [-0.39, 0.29) is 18.1 Å². The van der Waals surface area contributed by atoms with E-state index in [1.54, 1.807) is 16.8 Å². The Hall–Kier alpha value is -2.30. The first kappa shape index (κ1) is 17.5.